The largest absolute Gasteiger partial charge is 0.480 e. The molecule has 30 heavy (non-hydrogen) atoms. The summed E-state index contributed by atoms with van der Waals surface area (Å²) in [6, 6.07) is 3.68. The number of aliphatic hydroxyl groups excluding tert-OH is 2. The number of aliphatic hydroxyl groups is 2. The van der Waals surface area contributed by atoms with Gasteiger partial charge in [0, 0.05) is 6.42 Å². The van der Waals surface area contributed by atoms with Crippen LogP contribution in [0.25, 0.3) is 0 Å². The molecule has 1 aromatic rings. The number of nitrogens with one attached hydrogen (secondary N) is 3. The molecule has 0 saturated carbocycles. The van der Waals surface area contributed by atoms with Crippen molar-refractivity contribution in [3.05, 3.63) is 35.9 Å². The minimum atomic E-state index is -1.60. The van der Waals surface area contributed by atoms with Crippen molar-refractivity contribution in [3.63, 3.8) is 0 Å². The standard InChI is InChI=1S/C19H28N4O7/c1-10(20)16(26)21-13(8-12-6-4-3-5-7-12)17(27)23-15(11(2)25)18(28)22-14(9-24)19(29)30/h3-7,10-11,13-15,24-25H,8-9,20H2,1-2H3,(H,21,26)(H,22,28)(H,23,27)(H,29,30)/t10-,11+,13-,14-,15-/m0/s1. The molecule has 0 unspecified atom stereocenters. The van der Waals surface area contributed by atoms with Crippen LogP contribution in [0.3, 0.4) is 0 Å². The number of hydrogen-bond donors (Lipinski definition) is 7. The summed E-state index contributed by atoms with van der Waals surface area (Å²) in [7, 11) is 0. The summed E-state index contributed by atoms with van der Waals surface area (Å²) in [6.07, 6.45) is -1.29. The second-order valence-electron chi connectivity index (χ2n) is 6.85. The molecular weight excluding hydrogens is 396 g/mol. The lowest BCUT2D eigenvalue weighted by Crippen LogP contribution is -2.60. The highest BCUT2D eigenvalue weighted by molar-refractivity contribution is 5.94. The van der Waals surface area contributed by atoms with Crippen molar-refractivity contribution in [3.8, 4) is 0 Å². The number of rotatable bonds is 11. The molecule has 0 fully saturated rings. The van der Waals surface area contributed by atoms with Crippen LogP contribution in [0.5, 0.6) is 0 Å². The van der Waals surface area contributed by atoms with E-state index in [0.717, 1.165) is 5.56 Å². The fraction of sp³-hybridized carbons (Fsp3) is 0.474. The Morgan fingerprint density at radius 3 is 1.97 bits per heavy atom. The number of amides is 3. The zero-order valence-corrected chi connectivity index (χ0v) is 16.7. The molecule has 1 aromatic carbocycles. The van der Waals surface area contributed by atoms with Gasteiger partial charge < -0.3 is 37.0 Å². The smallest absolute Gasteiger partial charge is 0.328 e. The summed E-state index contributed by atoms with van der Waals surface area (Å²) in [4.78, 5) is 48.1. The van der Waals surface area contributed by atoms with Gasteiger partial charge in [-0.3, -0.25) is 14.4 Å². The zero-order valence-electron chi connectivity index (χ0n) is 16.7. The lowest BCUT2D eigenvalue weighted by molar-refractivity contribution is -0.144. The first-order valence-electron chi connectivity index (χ1n) is 9.29. The van der Waals surface area contributed by atoms with E-state index in [-0.39, 0.29) is 6.42 Å². The van der Waals surface area contributed by atoms with Crippen LogP contribution in [0.4, 0.5) is 0 Å². The van der Waals surface area contributed by atoms with Crippen molar-refractivity contribution in [2.24, 2.45) is 5.73 Å². The van der Waals surface area contributed by atoms with Crippen LogP contribution in [0.1, 0.15) is 19.4 Å². The molecule has 11 nitrogen and oxygen atoms in total. The number of hydrogen-bond acceptors (Lipinski definition) is 7. The van der Waals surface area contributed by atoms with Gasteiger partial charge in [-0.2, -0.15) is 0 Å². The lowest BCUT2D eigenvalue weighted by Gasteiger charge is -2.26. The predicted molar refractivity (Wildman–Crippen MR) is 106 cm³/mol. The summed E-state index contributed by atoms with van der Waals surface area (Å²) in [5.41, 5.74) is 6.28. The van der Waals surface area contributed by atoms with Crippen molar-refractivity contribution in [2.45, 2.75) is 50.5 Å². The lowest BCUT2D eigenvalue weighted by atomic mass is 10.0. The van der Waals surface area contributed by atoms with Crippen LogP contribution in [-0.2, 0) is 25.6 Å². The summed E-state index contributed by atoms with van der Waals surface area (Å²) < 4.78 is 0. The fourth-order valence-electron chi connectivity index (χ4n) is 2.47. The van der Waals surface area contributed by atoms with Gasteiger partial charge in [0.25, 0.3) is 0 Å². The number of carboxylic acids is 1. The molecule has 0 aromatic heterocycles. The quantitative estimate of drug-likeness (QED) is 0.202. The van der Waals surface area contributed by atoms with Gasteiger partial charge in [-0.25, -0.2) is 4.79 Å². The maximum atomic E-state index is 12.8. The van der Waals surface area contributed by atoms with Crippen LogP contribution in [-0.4, -0.2) is 75.9 Å². The van der Waals surface area contributed by atoms with Gasteiger partial charge in [0.05, 0.1) is 18.8 Å². The van der Waals surface area contributed by atoms with Gasteiger partial charge in [0.2, 0.25) is 17.7 Å². The van der Waals surface area contributed by atoms with E-state index in [4.69, 9.17) is 15.9 Å². The third-order valence-electron chi connectivity index (χ3n) is 4.19. The maximum absolute atomic E-state index is 12.8. The number of benzene rings is 1. The molecule has 0 bridgehead atoms. The molecule has 11 heteroatoms. The van der Waals surface area contributed by atoms with Gasteiger partial charge in [0.1, 0.15) is 18.1 Å². The average Bonchev–Trinajstić information content (AvgIpc) is 2.69. The van der Waals surface area contributed by atoms with Gasteiger partial charge >= 0.3 is 5.97 Å². The second kappa shape index (κ2) is 11.9. The molecular formula is C19H28N4O7. The normalized spacial score (nSPS) is 15.8. The molecule has 0 radical (unpaired) electrons. The van der Waals surface area contributed by atoms with E-state index in [1.807, 2.05) is 5.32 Å². The minimum absolute atomic E-state index is 0.0909. The highest BCUT2D eigenvalue weighted by Gasteiger charge is 2.32. The highest BCUT2D eigenvalue weighted by atomic mass is 16.4. The molecule has 5 atom stereocenters. The van der Waals surface area contributed by atoms with E-state index in [2.05, 4.69) is 10.6 Å². The number of aliphatic carboxylic acids is 1. The van der Waals surface area contributed by atoms with Crippen LogP contribution in [0.2, 0.25) is 0 Å². The Morgan fingerprint density at radius 1 is 0.933 bits per heavy atom. The van der Waals surface area contributed by atoms with Crippen molar-refractivity contribution < 1.29 is 34.5 Å². The summed E-state index contributed by atoms with van der Waals surface area (Å²) >= 11 is 0. The molecule has 0 aliphatic carbocycles. The van der Waals surface area contributed by atoms with E-state index in [1.54, 1.807) is 30.3 Å². The Labute approximate surface area is 173 Å². The first-order chi connectivity index (χ1) is 14.1. The molecule has 3 amide bonds. The molecule has 0 aliphatic heterocycles. The topological polar surface area (TPSA) is 191 Å². The van der Waals surface area contributed by atoms with Crippen LogP contribution < -0.4 is 21.7 Å². The number of carbonyl (C=O) groups is 4. The Morgan fingerprint density at radius 2 is 1.50 bits per heavy atom. The second-order valence-corrected chi connectivity index (χ2v) is 6.85. The third-order valence-corrected chi connectivity index (χ3v) is 4.19. The van der Waals surface area contributed by atoms with Crippen molar-refractivity contribution >= 4 is 23.7 Å². The van der Waals surface area contributed by atoms with Gasteiger partial charge in [-0.05, 0) is 19.4 Å². The van der Waals surface area contributed by atoms with Crippen LogP contribution in [0, 0.1) is 0 Å². The Balaban J connectivity index is 2.99. The van der Waals surface area contributed by atoms with Gasteiger partial charge in [0.15, 0.2) is 0 Å². The summed E-state index contributed by atoms with van der Waals surface area (Å²) in [6.45, 7) is 1.80. The van der Waals surface area contributed by atoms with Crippen molar-refractivity contribution in [1.29, 1.82) is 0 Å². The molecule has 0 heterocycles. The monoisotopic (exact) mass is 424 g/mol. The van der Waals surface area contributed by atoms with E-state index < -0.39 is 60.6 Å². The number of nitrogens with two attached hydrogens (primary N) is 1. The summed E-state index contributed by atoms with van der Waals surface area (Å²) in [5.74, 6) is -3.84. The first kappa shape index (κ1) is 25.0. The molecule has 1 rings (SSSR count). The van der Waals surface area contributed by atoms with Gasteiger partial charge in [-0.1, -0.05) is 30.3 Å². The fourth-order valence-corrected chi connectivity index (χ4v) is 2.47. The molecule has 166 valence electrons. The molecule has 8 N–H and O–H groups in total. The third kappa shape index (κ3) is 7.78. The number of carboxylic acid groups (broad SMARTS) is 1. The van der Waals surface area contributed by atoms with Crippen LogP contribution in [0.15, 0.2) is 30.3 Å². The SMILES string of the molecule is C[C@H](N)C(=O)N[C@@H](Cc1ccccc1)C(=O)N[C@H](C(=O)N[C@@H](CO)C(=O)O)[C@@H](C)O. The average molecular weight is 424 g/mol. The first-order valence-corrected chi connectivity index (χ1v) is 9.29. The van der Waals surface area contributed by atoms with Crippen molar-refractivity contribution in [1.82, 2.24) is 16.0 Å². The Hall–Kier alpha value is -3.02. The van der Waals surface area contributed by atoms with E-state index >= 15 is 0 Å². The Kier molecular flexibility index (Phi) is 9.89. The minimum Gasteiger partial charge on any atom is -0.480 e. The summed E-state index contributed by atoms with van der Waals surface area (Å²) in [5, 5.41) is 34.7. The molecule has 0 saturated heterocycles. The predicted octanol–water partition coefficient (Wildman–Crippen LogP) is -2.51. The molecule has 0 spiro atoms. The Bertz CT molecular complexity index is 740. The maximum Gasteiger partial charge on any atom is 0.328 e. The van der Waals surface area contributed by atoms with Crippen molar-refractivity contribution in [2.75, 3.05) is 6.61 Å². The van der Waals surface area contributed by atoms with E-state index in [1.165, 1.54) is 13.8 Å². The van der Waals surface area contributed by atoms with Crippen LogP contribution >= 0.6 is 0 Å². The molecule has 0 aliphatic rings. The zero-order chi connectivity index (χ0) is 22.8. The van der Waals surface area contributed by atoms with E-state index in [9.17, 15) is 24.3 Å². The van der Waals surface area contributed by atoms with E-state index in [0.29, 0.717) is 0 Å². The van der Waals surface area contributed by atoms with Gasteiger partial charge in [-0.15, -0.1) is 0 Å². The highest BCUT2D eigenvalue weighted by Crippen LogP contribution is 2.05. The number of carbonyl (C=O) groups excluding carboxylic acids is 3.